The molecule has 1 aliphatic heterocycles. The largest absolute Gasteiger partial charge is 0.355 e. The van der Waals surface area contributed by atoms with E-state index in [2.05, 4.69) is 34.4 Å². The summed E-state index contributed by atoms with van der Waals surface area (Å²) in [5.74, 6) is -0.779. The lowest BCUT2D eigenvalue weighted by Crippen LogP contribution is -2.31. The average Bonchev–Trinajstić information content (AvgIpc) is 2.94. The van der Waals surface area contributed by atoms with Crippen LogP contribution in [0.1, 0.15) is 42.2 Å². The van der Waals surface area contributed by atoms with Crippen molar-refractivity contribution in [2.75, 3.05) is 13.6 Å². The van der Waals surface area contributed by atoms with Gasteiger partial charge in [0, 0.05) is 43.0 Å². The Kier molecular flexibility index (Phi) is 4.32. The molecule has 0 saturated carbocycles. The lowest BCUT2D eigenvalue weighted by Gasteiger charge is -2.18. The fraction of sp³-hybridized carbons (Fsp3) is 0.389. The smallest absolute Gasteiger partial charge is 0.253 e. The molecular weight excluding hydrogens is 307 g/mol. The Bertz CT molecular complexity index is 775. The minimum atomic E-state index is -0.562. The quantitative estimate of drug-likeness (QED) is 0.908. The summed E-state index contributed by atoms with van der Waals surface area (Å²) in [6.07, 6.45) is 4.22. The topological polar surface area (TPSA) is 66.9 Å². The van der Waals surface area contributed by atoms with Gasteiger partial charge in [-0.05, 0) is 32.4 Å². The van der Waals surface area contributed by atoms with Gasteiger partial charge in [0.25, 0.3) is 5.91 Å². The van der Waals surface area contributed by atoms with E-state index < -0.39 is 11.7 Å². The van der Waals surface area contributed by atoms with E-state index in [4.69, 9.17) is 0 Å². The van der Waals surface area contributed by atoms with E-state index in [1.54, 1.807) is 18.5 Å². The van der Waals surface area contributed by atoms with Crippen molar-refractivity contribution in [1.82, 2.24) is 20.6 Å². The maximum absolute atomic E-state index is 14.3. The number of nitrogens with zero attached hydrogens (tertiary/aromatic N) is 2. The minimum Gasteiger partial charge on any atom is -0.355 e. The van der Waals surface area contributed by atoms with Crippen LogP contribution >= 0.6 is 0 Å². The summed E-state index contributed by atoms with van der Waals surface area (Å²) in [4.78, 5) is 20.6. The zero-order valence-electron chi connectivity index (χ0n) is 14.1. The summed E-state index contributed by atoms with van der Waals surface area (Å²) >= 11 is 0. The number of carbonyl (C=O) groups excluding carboxylic acids is 1. The number of benzene rings is 1. The summed E-state index contributed by atoms with van der Waals surface area (Å²) in [5.41, 5.74) is 2.24. The normalized spacial score (nSPS) is 19.2. The maximum Gasteiger partial charge on any atom is 0.253 e. The van der Waals surface area contributed by atoms with E-state index in [9.17, 15) is 9.18 Å². The number of amides is 1. The number of rotatable bonds is 3. The highest BCUT2D eigenvalue weighted by molar-refractivity contribution is 5.94. The molecule has 0 spiro atoms. The fourth-order valence-electron chi connectivity index (χ4n) is 3.20. The number of hydrogen-bond donors (Lipinski definition) is 2. The maximum atomic E-state index is 14.3. The predicted molar refractivity (Wildman–Crippen MR) is 90.3 cm³/mol. The highest BCUT2D eigenvalue weighted by atomic mass is 19.1. The van der Waals surface area contributed by atoms with Gasteiger partial charge in [0.2, 0.25) is 0 Å². The Morgan fingerprint density at radius 3 is 2.71 bits per heavy atom. The van der Waals surface area contributed by atoms with Gasteiger partial charge in [0.1, 0.15) is 5.82 Å². The Labute approximate surface area is 140 Å². The second-order valence-electron chi connectivity index (χ2n) is 6.73. The van der Waals surface area contributed by atoms with Crippen molar-refractivity contribution in [3.05, 3.63) is 47.7 Å². The highest BCUT2D eigenvalue weighted by Gasteiger charge is 2.33. The molecule has 0 radical (unpaired) electrons. The number of aromatic nitrogens is 2. The van der Waals surface area contributed by atoms with E-state index in [0.29, 0.717) is 11.3 Å². The zero-order chi connectivity index (χ0) is 17.3. The first-order chi connectivity index (χ1) is 11.4. The third kappa shape index (κ3) is 3.14. The molecule has 1 amide bonds. The molecule has 1 aromatic carbocycles. The van der Waals surface area contributed by atoms with Crippen LogP contribution in [0.5, 0.6) is 0 Å². The van der Waals surface area contributed by atoms with Gasteiger partial charge in [0.15, 0.2) is 0 Å². The number of hydrogen-bond acceptors (Lipinski definition) is 4. The second kappa shape index (κ2) is 6.28. The summed E-state index contributed by atoms with van der Waals surface area (Å²) < 4.78 is 14.3. The van der Waals surface area contributed by atoms with Gasteiger partial charge in [0.05, 0.1) is 17.0 Å². The van der Waals surface area contributed by atoms with Crippen LogP contribution in [0.3, 0.4) is 0 Å². The Morgan fingerprint density at radius 1 is 1.33 bits per heavy atom. The van der Waals surface area contributed by atoms with Crippen LogP contribution in [0.25, 0.3) is 11.3 Å². The SMILES string of the molecule is CNC(=O)c1ccc(-c2nccnc2C2CNC(C)(C)C2)cc1F. The Morgan fingerprint density at radius 2 is 2.08 bits per heavy atom. The lowest BCUT2D eigenvalue weighted by molar-refractivity contribution is 0.0959. The van der Waals surface area contributed by atoms with Crippen molar-refractivity contribution in [1.29, 1.82) is 0 Å². The molecule has 1 unspecified atom stereocenters. The molecule has 1 aliphatic rings. The van der Waals surface area contributed by atoms with Crippen molar-refractivity contribution < 1.29 is 9.18 Å². The van der Waals surface area contributed by atoms with E-state index in [0.717, 1.165) is 18.7 Å². The van der Waals surface area contributed by atoms with Gasteiger partial charge in [-0.15, -0.1) is 0 Å². The van der Waals surface area contributed by atoms with E-state index in [1.165, 1.54) is 19.2 Å². The van der Waals surface area contributed by atoms with Crippen LogP contribution < -0.4 is 10.6 Å². The molecular formula is C18H21FN4O. The lowest BCUT2D eigenvalue weighted by atomic mass is 9.92. The van der Waals surface area contributed by atoms with Crippen LogP contribution in [-0.4, -0.2) is 35.0 Å². The molecule has 24 heavy (non-hydrogen) atoms. The molecule has 1 aromatic heterocycles. The molecule has 1 atom stereocenters. The van der Waals surface area contributed by atoms with Crippen molar-refractivity contribution in [2.45, 2.75) is 31.7 Å². The zero-order valence-corrected chi connectivity index (χ0v) is 14.1. The molecule has 0 aliphatic carbocycles. The molecule has 1 fully saturated rings. The fourth-order valence-corrected chi connectivity index (χ4v) is 3.20. The molecule has 2 N–H and O–H groups in total. The van der Waals surface area contributed by atoms with Gasteiger partial charge in [-0.3, -0.25) is 14.8 Å². The Hall–Kier alpha value is -2.34. The van der Waals surface area contributed by atoms with Gasteiger partial charge in [-0.1, -0.05) is 6.07 Å². The van der Waals surface area contributed by atoms with Gasteiger partial charge >= 0.3 is 0 Å². The second-order valence-corrected chi connectivity index (χ2v) is 6.73. The van der Waals surface area contributed by atoms with E-state index in [1.807, 2.05) is 0 Å². The molecule has 0 bridgehead atoms. The summed E-state index contributed by atoms with van der Waals surface area (Å²) in [6.45, 7) is 5.12. The molecule has 6 heteroatoms. The number of carbonyl (C=O) groups is 1. The van der Waals surface area contributed by atoms with Crippen molar-refractivity contribution in [3.63, 3.8) is 0 Å². The summed E-state index contributed by atoms with van der Waals surface area (Å²) in [6, 6.07) is 4.55. The average molecular weight is 328 g/mol. The monoisotopic (exact) mass is 328 g/mol. The van der Waals surface area contributed by atoms with E-state index in [-0.39, 0.29) is 17.0 Å². The van der Waals surface area contributed by atoms with Crippen LogP contribution in [0.15, 0.2) is 30.6 Å². The van der Waals surface area contributed by atoms with Crippen molar-refractivity contribution in [3.8, 4) is 11.3 Å². The van der Waals surface area contributed by atoms with Gasteiger partial charge in [-0.25, -0.2) is 4.39 Å². The first-order valence-electron chi connectivity index (χ1n) is 7.99. The van der Waals surface area contributed by atoms with Crippen molar-refractivity contribution in [2.24, 2.45) is 0 Å². The molecule has 2 aromatic rings. The minimum absolute atomic E-state index is 0.0235. The standard InChI is InChI=1S/C18H21FN4O/c1-18(2)9-12(10-23-18)16-15(21-6-7-22-16)11-4-5-13(14(19)8-11)17(24)20-3/h4-8,12,23H,9-10H2,1-3H3,(H,20,24). The summed E-state index contributed by atoms with van der Waals surface area (Å²) in [5, 5.41) is 5.90. The molecule has 3 rings (SSSR count). The predicted octanol–water partition coefficient (Wildman–Crippen LogP) is 2.50. The first kappa shape index (κ1) is 16.5. The number of nitrogens with one attached hydrogen (secondary N) is 2. The molecule has 126 valence electrons. The third-order valence-corrected chi connectivity index (χ3v) is 4.41. The van der Waals surface area contributed by atoms with Crippen LogP contribution in [0, 0.1) is 5.82 Å². The molecule has 1 saturated heterocycles. The van der Waals surface area contributed by atoms with E-state index >= 15 is 0 Å². The van der Waals surface area contributed by atoms with Crippen LogP contribution in [0.2, 0.25) is 0 Å². The van der Waals surface area contributed by atoms with Gasteiger partial charge < -0.3 is 10.6 Å². The van der Waals surface area contributed by atoms with Crippen LogP contribution in [0.4, 0.5) is 4.39 Å². The third-order valence-electron chi connectivity index (χ3n) is 4.41. The Balaban J connectivity index is 1.99. The first-order valence-corrected chi connectivity index (χ1v) is 7.99. The van der Waals surface area contributed by atoms with Crippen molar-refractivity contribution >= 4 is 5.91 Å². The van der Waals surface area contributed by atoms with Gasteiger partial charge in [-0.2, -0.15) is 0 Å². The number of halogens is 1. The van der Waals surface area contributed by atoms with Crippen LogP contribution in [-0.2, 0) is 0 Å². The highest BCUT2D eigenvalue weighted by Crippen LogP contribution is 2.35. The molecule has 5 nitrogen and oxygen atoms in total. The molecule has 2 heterocycles. The summed E-state index contributed by atoms with van der Waals surface area (Å²) in [7, 11) is 1.48.